The predicted molar refractivity (Wildman–Crippen MR) is 37.3 cm³/mol. The molecule has 5 heteroatoms. The van der Waals surface area contributed by atoms with Crippen LogP contribution in [0.25, 0.3) is 16.8 Å². The second-order valence-corrected chi connectivity index (χ2v) is 1.17. The normalized spacial score (nSPS) is 8.11. The minimum Gasteiger partial charge on any atom is -0.679 e. The fourth-order valence-electron chi connectivity index (χ4n) is 0.270. The van der Waals surface area contributed by atoms with E-state index in [1.165, 1.54) is 0 Å². The molecule has 0 amide bonds. The van der Waals surface area contributed by atoms with E-state index >= 15 is 0 Å². The first kappa shape index (κ1) is 12.5. The summed E-state index contributed by atoms with van der Waals surface area (Å²) < 4.78 is 0. The number of hydrogen-bond donors (Lipinski definition) is 0. The number of halogens is 1. The molecule has 0 aliphatic heterocycles. The van der Waals surface area contributed by atoms with Crippen LogP contribution in [0.15, 0.2) is 0 Å². The van der Waals surface area contributed by atoms with Crippen molar-refractivity contribution >= 4 is 9.42 Å². The maximum absolute atomic E-state index is 6.63. The molecular weight excluding hydrogens is 321 g/mol. The Bertz CT molecular complexity index is 35.0. The van der Waals surface area contributed by atoms with Gasteiger partial charge < -0.3 is 16.8 Å². The maximum atomic E-state index is 6.63. The van der Waals surface area contributed by atoms with E-state index in [1.807, 2.05) is 0 Å². The first-order chi connectivity index (χ1) is 4.41. The molecule has 0 saturated heterocycles. The van der Waals surface area contributed by atoms with Crippen LogP contribution in [0.2, 0.25) is 0 Å². The zero-order valence-electron chi connectivity index (χ0n) is 4.97. The Morgan fingerprint density at radius 3 is 1.67 bits per heavy atom. The summed E-state index contributed by atoms with van der Waals surface area (Å²) in [5.74, 6) is 0. The van der Waals surface area contributed by atoms with Crippen molar-refractivity contribution < 1.29 is 18.8 Å². The Morgan fingerprint density at radius 1 is 1.11 bits per heavy atom. The second-order valence-electron chi connectivity index (χ2n) is 1.17. The van der Waals surface area contributed by atoms with Crippen LogP contribution in [-0.2, 0) is 18.8 Å². The monoisotopic (exact) mass is 330 g/mol. The molecule has 60 valence electrons. The Labute approximate surface area is 71.3 Å². The van der Waals surface area contributed by atoms with Gasteiger partial charge in [0.15, 0.2) is 0 Å². The van der Waals surface area contributed by atoms with E-state index in [4.69, 9.17) is 11.5 Å². The zero-order chi connectivity index (χ0) is 7.54. The molecule has 0 saturated carbocycles. The van der Waals surface area contributed by atoms with Gasteiger partial charge in [-0.15, -0.1) is 0 Å². The smallest absolute Gasteiger partial charge is 0.169 e. The van der Waals surface area contributed by atoms with Crippen molar-refractivity contribution in [2.24, 2.45) is 0 Å². The van der Waals surface area contributed by atoms with E-state index in [9.17, 15) is 0 Å². The Kier molecular flexibility index (Phi) is 22.2. The molecular formula is C4H10ClN3Pt-2. The van der Waals surface area contributed by atoms with Gasteiger partial charge in [0.25, 0.3) is 0 Å². The Morgan fingerprint density at radius 2 is 1.44 bits per heavy atom. The van der Waals surface area contributed by atoms with Crippen molar-refractivity contribution in [3.05, 3.63) is 16.8 Å². The summed E-state index contributed by atoms with van der Waals surface area (Å²) in [6.45, 7) is 1.91. The fraction of sp³-hybridized carbons (Fsp3) is 1.00. The molecule has 0 aliphatic rings. The molecule has 0 aromatic rings. The van der Waals surface area contributed by atoms with Gasteiger partial charge in [0.05, 0.1) is 0 Å². The molecule has 0 unspecified atom stereocenters. The van der Waals surface area contributed by atoms with Gasteiger partial charge in [-0.25, -0.2) is 0 Å². The molecule has 0 aromatic heterocycles. The van der Waals surface area contributed by atoms with Crippen molar-refractivity contribution in [2.75, 3.05) is 26.2 Å². The van der Waals surface area contributed by atoms with Gasteiger partial charge in [-0.3, -0.25) is 0 Å². The summed E-state index contributed by atoms with van der Waals surface area (Å²) >= 11 is 1.61. The molecule has 0 rings (SSSR count). The van der Waals surface area contributed by atoms with E-state index in [2.05, 4.69) is 14.7 Å². The Hall–Kier alpha value is 0.858. The molecule has 0 radical (unpaired) electrons. The molecule has 0 spiro atoms. The van der Waals surface area contributed by atoms with Crippen molar-refractivity contribution in [1.29, 1.82) is 0 Å². The van der Waals surface area contributed by atoms with E-state index in [1.54, 1.807) is 18.8 Å². The molecule has 0 fully saturated rings. The van der Waals surface area contributed by atoms with Gasteiger partial charge in [-0.1, -0.05) is 0 Å². The van der Waals surface area contributed by atoms with Crippen LogP contribution in [0.5, 0.6) is 0 Å². The third-order valence-electron chi connectivity index (χ3n) is 0.540. The largest absolute Gasteiger partial charge is 0.679 e. The predicted octanol–water partition coefficient (Wildman–Crippen LogP) is 2.15. The summed E-state index contributed by atoms with van der Waals surface area (Å²) in [7, 11) is 4.61. The molecule has 2 N–H and O–H groups in total. The summed E-state index contributed by atoms with van der Waals surface area (Å²) in [6.07, 6.45) is 0. The minimum absolute atomic E-state index is 0.361. The number of nitrogens with zero attached hydrogens (tertiary/aromatic N) is 1. The minimum atomic E-state index is 0.361. The van der Waals surface area contributed by atoms with Gasteiger partial charge in [-0.05, 0) is 0 Å². The van der Waals surface area contributed by atoms with Crippen LogP contribution in [0, 0.1) is 0 Å². The first-order valence-corrected chi connectivity index (χ1v) is 5.27. The molecule has 0 aromatic carbocycles. The van der Waals surface area contributed by atoms with Crippen molar-refractivity contribution in [1.82, 2.24) is 0 Å². The van der Waals surface area contributed by atoms with Gasteiger partial charge in [0, 0.05) is 0 Å². The number of hydrogen-bond acceptors (Lipinski definition) is 0. The summed E-state index contributed by atoms with van der Waals surface area (Å²) in [5.41, 5.74) is 13.3. The van der Waals surface area contributed by atoms with E-state index in [0.717, 1.165) is 0 Å². The zero-order valence-corrected chi connectivity index (χ0v) is 8.00. The van der Waals surface area contributed by atoms with Crippen molar-refractivity contribution in [3.63, 3.8) is 0 Å². The second kappa shape index (κ2) is 15.9. The molecule has 0 heterocycles. The first-order valence-electron chi connectivity index (χ1n) is 2.46. The van der Waals surface area contributed by atoms with Crippen LogP contribution >= 0.6 is 9.42 Å². The number of nitrogens with one attached hydrogen (secondary N) is 2. The summed E-state index contributed by atoms with van der Waals surface area (Å²) in [6, 6.07) is 0. The summed E-state index contributed by atoms with van der Waals surface area (Å²) in [4.78, 5) is 0. The van der Waals surface area contributed by atoms with Gasteiger partial charge in [0.2, 0.25) is 0 Å². The molecule has 0 bridgehead atoms. The van der Waals surface area contributed by atoms with E-state index in [0.29, 0.717) is 26.2 Å². The maximum Gasteiger partial charge on any atom is -0.169 e. The van der Waals surface area contributed by atoms with Crippen LogP contribution < -0.4 is 0 Å². The van der Waals surface area contributed by atoms with E-state index < -0.39 is 0 Å². The average molecular weight is 331 g/mol. The summed E-state index contributed by atoms with van der Waals surface area (Å²) in [5, 5.41) is 3.83. The third kappa shape index (κ3) is 17.7. The standard InChI is InChI=1S/C4H10N3.ClH.Pt/c5-1-3-7-4-2-6;;/h5-6H,1-4H2;1H;/q-3;;+2/p-1. The fourth-order valence-corrected chi connectivity index (χ4v) is 0.270. The molecule has 3 nitrogen and oxygen atoms in total. The third-order valence-corrected chi connectivity index (χ3v) is 0.540. The molecule has 9 heavy (non-hydrogen) atoms. The molecule has 0 atom stereocenters. The van der Waals surface area contributed by atoms with Crippen LogP contribution in [-0.4, -0.2) is 26.2 Å². The average Bonchev–Trinajstić information content (AvgIpc) is 1.94. The molecule has 0 aliphatic carbocycles. The SMILES string of the molecule is [Cl][Pt+].[NH-]CC[N-]CC[NH-]. The van der Waals surface area contributed by atoms with E-state index in [-0.39, 0.29) is 0 Å². The topological polar surface area (TPSA) is 61.7 Å². The van der Waals surface area contributed by atoms with Crippen LogP contribution in [0.4, 0.5) is 0 Å². The van der Waals surface area contributed by atoms with Gasteiger partial charge in [0.1, 0.15) is 0 Å². The van der Waals surface area contributed by atoms with Gasteiger partial charge in [-0.2, -0.15) is 26.2 Å². The Balaban J connectivity index is 0. The van der Waals surface area contributed by atoms with Crippen LogP contribution in [0.1, 0.15) is 0 Å². The van der Waals surface area contributed by atoms with Crippen LogP contribution in [0.3, 0.4) is 0 Å². The van der Waals surface area contributed by atoms with Crippen molar-refractivity contribution in [3.8, 4) is 0 Å². The van der Waals surface area contributed by atoms with Gasteiger partial charge >= 0.3 is 28.2 Å². The number of rotatable bonds is 4. The van der Waals surface area contributed by atoms with Crippen molar-refractivity contribution in [2.45, 2.75) is 0 Å². The quantitative estimate of drug-likeness (QED) is 0.709.